The minimum Gasteiger partial charge on any atom is -0.313 e. The Bertz CT molecular complexity index is 261. The molecule has 0 heterocycles. The number of rotatable bonds is 5. The summed E-state index contributed by atoms with van der Waals surface area (Å²) >= 11 is 5.36. The average molecular weight is 231 g/mol. The lowest BCUT2D eigenvalue weighted by molar-refractivity contribution is -0.119. The fraction of sp³-hybridized carbons (Fsp3) is 0.600. The third-order valence-corrected chi connectivity index (χ3v) is 1.82. The minimum atomic E-state index is -0.454. The Labute approximate surface area is 95.0 Å². The molecule has 0 aliphatic heterocycles. The molecule has 0 aromatic carbocycles. The standard InChI is InChI=1S/C10H15ClN2O2/c1-3-7-13(8-4-2)10(15)12-9(14)5-6-11/h1H,4-8H2,2H3,(H,12,14,15). The molecule has 3 amide bonds. The lowest BCUT2D eigenvalue weighted by Gasteiger charge is -2.19. The number of amides is 3. The van der Waals surface area contributed by atoms with Crippen molar-refractivity contribution >= 4 is 23.5 Å². The second kappa shape index (κ2) is 8.13. The number of urea groups is 1. The zero-order chi connectivity index (χ0) is 11.7. The van der Waals surface area contributed by atoms with Crippen LogP contribution < -0.4 is 5.32 Å². The number of hydrogen-bond acceptors (Lipinski definition) is 2. The van der Waals surface area contributed by atoms with Gasteiger partial charge in [0.05, 0.1) is 6.54 Å². The maximum atomic E-state index is 11.5. The van der Waals surface area contributed by atoms with Gasteiger partial charge in [0.2, 0.25) is 5.91 Å². The van der Waals surface area contributed by atoms with Crippen molar-refractivity contribution in [2.24, 2.45) is 0 Å². The molecular formula is C10H15ClN2O2. The second-order valence-corrected chi connectivity index (χ2v) is 3.30. The van der Waals surface area contributed by atoms with Gasteiger partial charge < -0.3 is 4.90 Å². The van der Waals surface area contributed by atoms with E-state index in [0.717, 1.165) is 6.42 Å². The topological polar surface area (TPSA) is 49.4 Å². The number of hydrogen-bond donors (Lipinski definition) is 1. The molecule has 0 atom stereocenters. The van der Waals surface area contributed by atoms with Gasteiger partial charge in [-0.2, -0.15) is 0 Å². The fourth-order valence-electron chi connectivity index (χ4n) is 0.979. The molecule has 0 bridgehead atoms. The first kappa shape index (κ1) is 13.8. The van der Waals surface area contributed by atoms with E-state index < -0.39 is 6.03 Å². The van der Waals surface area contributed by atoms with Crippen LogP contribution in [0.4, 0.5) is 4.79 Å². The van der Waals surface area contributed by atoms with Crippen molar-refractivity contribution < 1.29 is 9.59 Å². The monoisotopic (exact) mass is 230 g/mol. The molecule has 5 heteroatoms. The summed E-state index contributed by atoms with van der Waals surface area (Å²) in [5.41, 5.74) is 0. The van der Waals surface area contributed by atoms with Crippen molar-refractivity contribution in [3.63, 3.8) is 0 Å². The van der Waals surface area contributed by atoms with Crippen LogP contribution in [0.15, 0.2) is 0 Å². The van der Waals surface area contributed by atoms with Crippen molar-refractivity contribution in [3.05, 3.63) is 0 Å². The van der Waals surface area contributed by atoms with Crippen LogP contribution in [0, 0.1) is 12.3 Å². The van der Waals surface area contributed by atoms with Crippen molar-refractivity contribution in [2.75, 3.05) is 19.0 Å². The van der Waals surface area contributed by atoms with Gasteiger partial charge in [0.15, 0.2) is 0 Å². The number of terminal acetylenes is 1. The van der Waals surface area contributed by atoms with Crippen LogP contribution in [0.2, 0.25) is 0 Å². The number of halogens is 1. The number of nitrogens with zero attached hydrogens (tertiary/aromatic N) is 1. The Morgan fingerprint density at radius 2 is 2.20 bits per heavy atom. The Balaban J connectivity index is 4.13. The molecule has 0 unspecified atom stereocenters. The molecule has 0 fully saturated rings. The second-order valence-electron chi connectivity index (χ2n) is 2.92. The molecule has 0 saturated carbocycles. The van der Waals surface area contributed by atoms with E-state index >= 15 is 0 Å². The van der Waals surface area contributed by atoms with E-state index in [4.69, 9.17) is 18.0 Å². The van der Waals surface area contributed by atoms with E-state index in [0.29, 0.717) is 6.54 Å². The highest BCUT2D eigenvalue weighted by atomic mass is 35.5. The summed E-state index contributed by atoms with van der Waals surface area (Å²) in [6, 6.07) is -0.454. The van der Waals surface area contributed by atoms with Crippen LogP contribution in [-0.4, -0.2) is 35.8 Å². The quantitative estimate of drug-likeness (QED) is 0.570. The van der Waals surface area contributed by atoms with Gasteiger partial charge >= 0.3 is 6.03 Å². The smallest absolute Gasteiger partial charge is 0.313 e. The van der Waals surface area contributed by atoms with Crippen molar-refractivity contribution in [1.82, 2.24) is 10.2 Å². The molecule has 15 heavy (non-hydrogen) atoms. The number of carbonyl (C=O) groups excluding carboxylic acids is 2. The molecule has 84 valence electrons. The van der Waals surface area contributed by atoms with Crippen LogP contribution in [-0.2, 0) is 4.79 Å². The molecule has 0 radical (unpaired) electrons. The lowest BCUT2D eigenvalue weighted by Crippen LogP contribution is -2.43. The fourth-order valence-corrected chi connectivity index (χ4v) is 1.15. The minimum absolute atomic E-state index is 0.128. The first-order valence-corrected chi connectivity index (χ1v) is 5.27. The van der Waals surface area contributed by atoms with E-state index in [1.54, 1.807) is 0 Å². The van der Waals surface area contributed by atoms with Gasteiger partial charge in [-0.3, -0.25) is 10.1 Å². The maximum Gasteiger partial charge on any atom is 0.324 e. The molecule has 0 spiro atoms. The van der Waals surface area contributed by atoms with E-state index in [1.807, 2.05) is 6.92 Å². The van der Waals surface area contributed by atoms with Crippen LogP contribution in [0.5, 0.6) is 0 Å². The number of alkyl halides is 1. The molecule has 0 saturated heterocycles. The van der Waals surface area contributed by atoms with Crippen LogP contribution in [0.3, 0.4) is 0 Å². The van der Waals surface area contributed by atoms with E-state index in [9.17, 15) is 9.59 Å². The average Bonchev–Trinajstić information content (AvgIpc) is 2.17. The number of carbonyl (C=O) groups is 2. The number of nitrogens with one attached hydrogen (secondary N) is 1. The summed E-state index contributed by atoms with van der Waals surface area (Å²) in [6.45, 7) is 2.66. The summed E-state index contributed by atoms with van der Waals surface area (Å²) < 4.78 is 0. The summed E-state index contributed by atoms with van der Waals surface area (Å²) in [6.07, 6.45) is 6.03. The van der Waals surface area contributed by atoms with Crippen LogP contribution >= 0.6 is 11.6 Å². The van der Waals surface area contributed by atoms with Gasteiger partial charge in [0, 0.05) is 18.8 Å². The molecule has 4 nitrogen and oxygen atoms in total. The first-order chi connectivity index (χ1) is 7.15. The van der Waals surface area contributed by atoms with Gasteiger partial charge in [-0.25, -0.2) is 4.79 Å². The Morgan fingerprint density at radius 3 is 2.67 bits per heavy atom. The van der Waals surface area contributed by atoms with Gasteiger partial charge in [-0.1, -0.05) is 12.8 Å². The Morgan fingerprint density at radius 1 is 1.53 bits per heavy atom. The van der Waals surface area contributed by atoms with Crippen LogP contribution in [0.1, 0.15) is 19.8 Å². The third-order valence-electron chi connectivity index (χ3n) is 1.63. The Hall–Kier alpha value is -1.21. The summed E-state index contributed by atoms with van der Waals surface area (Å²) in [5, 5.41) is 2.22. The highest BCUT2D eigenvalue weighted by molar-refractivity contribution is 6.19. The normalized spacial score (nSPS) is 9.13. The largest absolute Gasteiger partial charge is 0.324 e. The molecule has 0 aromatic heterocycles. The van der Waals surface area contributed by atoms with Crippen molar-refractivity contribution in [1.29, 1.82) is 0 Å². The van der Waals surface area contributed by atoms with Crippen molar-refractivity contribution in [3.8, 4) is 12.3 Å². The third kappa shape index (κ3) is 5.97. The van der Waals surface area contributed by atoms with E-state index in [-0.39, 0.29) is 24.8 Å². The van der Waals surface area contributed by atoms with E-state index in [1.165, 1.54) is 4.90 Å². The summed E-state index contributed by atoms with van der Waals surface area (Å²) in [5.74, 6) is 2.18. The SMILES string of the molecule is C#CCN(CCC)C(=O)NC(=O)CCCl. The zero-order valence-corrected chi connectivity index (χ0v) is 9.51. The predicted octanol–water partition coefficient (Wildman–Crippen LogP) is 1.20. The highest BCUT2D eigenvalue weighted by Gasteiger charge is 2.13. The first-order valence-electron chi connectivity index (χ1n) is 4.73. The molecule has 0 aromatic rings. The summed E-state index contributed by atoms with van der Waals surface area (Å²) in [7, 11) is 0. The molecular weight excluding hydrogens is 216 g/mol. The zero-order valence-electron chi connectivity index (χ0n) is 8.75. The molecule has 0 aliphatic rings. The number of imide groups is 1. The summed E-state index contributed by atoms with van der Waals surface area (Å²) in [4.78, 5) is 23.9. The van der Waals surface area contributed by atoms with E-state index in [2.05, 4.69) is 11.2 Å². The van der Waals surface area contributed by atoms with Gasteiger partial charge in [0.25, 0.3) is 0 Å². The molecule has 0 aliphatic carbocycles. The lowest BCUT2D eigenvalue weighted by atomic mass is 10.4. The van der Waals surface area contributed by atoms with Gasteiger partial charge in [-0.15, -0.1) is 18.0 Å². The van der Waals surface area contributed by atoms with Crippen molar-refractivity contribution in [2.45, 2.75) is 19.8 Å². The van der Waals surface area contributed by atoms with Crippen LogP contribution in [0.25, 0.3) is 0 Å². The Kier molecular flexibility index (Phi) is 7.47. The molecule has 0 rings (SSSR count). The molecule has 1 N–H and O–H groups in total. The van der Waals surface area contributed by atoms with Gasteiger partial charge in [-0.05, 0) is 6.42 Å². The van der Waals surface area contributed by atoms with Gasteiger partial charge in [0.1, 0.15) is 0 Å². The maximum absolute atomic E-state index is 11.5. The highest BCUT2D eigenvalue weighted by Crippen LogP contribution is 1.93. The predicted molar refractivity (Wildman–Crippen MR) is 59.6 cm³/mol.